The molecule has 0 unspecified atom stereocenters. The summed E-state index contributed by atoms with van der Waals surface area (Å²) in [6, 6.07) is 31.6. The summed E-state index contributed by atoms with van der Waals surface area (Å²) in [6.07, 6.45) is 0.573. The van der Waals surface area contributed by atoms with E-state index in [1.165, 1.54) is 0 Å². The molecule has 6 nitrogen and oxygen atoms in total. The van der Waals surface area contributed by atoms with Gasteiger partial charge in [0.2, 0.25) is 0 Å². The maximum Gasteiger partial charge on any atom is 0.326 e. The number of ether oxygens (including phenoxy) is 1. The molecule has 3 amide bonds. The quantitative estimate of drug-likeness (QED) is 0.210. The SMILES string of the molecule is Cc1cccc(NC(=O)N(CCCNC(=O)c2cccc(Br)c2)c2ccc(Oc3ccccc3)cc2)c1. The van der Waals surface area contributed by atoms with Gasteiger partial charge in [0.05, 0.1) is 0 Å². The van der Waals surface area contributed by atoms with E-state index in [2.05, 4.69) is 26.6 Å². The molecule has 7 heteroatoms. The van der Waals surface area contributed by atoms with Crippen LogP contribution in [0.3, 0.4) is 0 Å². The lowest BCUT2D eigenvalue weighted by Crippen LogP contribution is -2.37. The number of urea groups is 1. The molecule has 4 rings (SSSR count). The predicted octanol–water partition coefficient (Wildman–Crippen LogP) is 7.41. The van der Waals surface area contributed by atoms with Gasteiger partial charge in [-0.3, -0.25) is 9.69 Å². The van der Waals surface area contributed by atoms with Crippen molar-refractivity contribution in [3.63, 3.8) is 0 Å². The average Bonchev–Trinajstić information content (AvgIpc) is 2.90. The highest BCUT2D eigenvalue weighted by molar-refractivity contribution is 9.10. The van der Waals surface area contributed by atoms with Gasteiger partial charge < -0.3 is 15.4 Å². The standard InChI is InChI=1S/C30H28BrN3O3/c1-22-8-5-11-25(20-22)33-30(36)34(19-7-18-32-29(35)23-9-6-10-24(31)21-23)26-14-16-28(17-15-26)37-27-12-3-2-4-13-27/h2-6,8-17,20-21H,7,18-19H2,1H3,(H,32,35)(H,33,36). The van der Waals surface area contributed by atoms with Crippen LogP contribution in [-0.2, 0) is 0 Å². The minimum Gasteiger partial charge on any atom is -0.457 e. The van der Waals surface area contributed by atoms with E-state index in [0.717, 1.165) is 27.2 Å². The number of hydrogen-bond acceptors (Lipinski definition) is 3. The third-order valence-corrected chi connectivity index (χ3v) is 6.07. The van der Waals surface area contributed by atoms with Crippen molar-refractivity contribution in [2.24, 2.45) is 0 Å². The van der Waals surface area contributed by atoms with Gasteiger partial charge in [-0.25, -0.2) is 4.79 Å². The van der Waals surface area contributed by atoms with Crippen molar-refractivity contribution in [1.82, 2.24) is 5.32 Å². The maximum absolute atomic E-state index is 13.3. The Labute approximate surface area is 225 Å². The van der Waals surface area contributed by atoms with Crippen molar-refractivity contribution in [3.05, 3.63) is 119 Å². The zero-order chi connectivity index (χ0) is 26.0. The lowest BCUT2D eigenvalue weighted by molar-refractivity contribution is 0.0953. The molecule has 0 aliphatic rings. The molecule has 2 N–H and O–H groups in total. The first kappa shape index (κ1) is 26.0. The molecule has 0 atom stereocenters. The number of carbonyl (C=O) groups excluding carboxylic acids is 2. The third-order valence-electron chi connectivity index (χ3n) is 5.57. The molecule has 0 saturated heterocycles. The first-order chi connectivity index (χ1) is 18.0. The molecule has 188 valence electrons. The minimum atomic E-state index is -0.249. The number of para-hydroxylation sites is 1. The number of amides is 3. The number of anilines is 2. The Balaban J connectivity index is 1.43. The van der Waals surface area contributed by atoms with Crippen LogP contribution in [0.5, 0.6) is 11.5 Å². The zero-order valence-electron chi connectivity index (χ0n) is 20.5. The second-order valence-electron chi connectivity index (χ2n) is 8.48. The van der Waals surface area contributed by atoms with Gasteiger partial charge in [-0.1, -0.05) is 52.3 Å². The second kappa shape index (κ2) is 12.7. The summed E-state index contributed by atoms with van der Waals surface area (Å²) in [6.45, 7) is 2.82. The van der Waals surface area contributed by atoms with E-state index < -0.39 is 0 Å². The van der Waals surface area contributed by atoms with Gasteiger partial charge in [0.25, 0.3) is 5.91 Å². The molecule has 0 bridgehead atoms. The van der Waals surface area contributed by atoms with Gasteiger partial charge in [-0.15, -0.1) is 0 Å². The van der Waals surface area contributed by atoms with Crippen LogP contribution in [0.15, 0.2) is 108 Å². The van der Waals surface area contributed by atoms with Crippen LogP contribution < -0.4 is 20.3 Å². The van der Waals surface area contributed by atoms with Crippen LogP contribution in [0.4, 0.5) is 16.2 Å². The van der Waals surface area contributed by atoms with Crippen molar-refractivity contribution in [3.8, 4) is 11.5 Å². The molecule has 4 aromatic carbocycles. The molecule has 0 saturated carbocycles. The van der Waals surface area contributed by atoms with Crippen LogP contribution in [0, 0.1) is 6.92 Å². The van der Waals surface area contributed by atoms with E-state index >= 15 is 0 Å². The van der Waals surface area contributed by atoms with Crippen LogP contribution in [0.25, 0.3) is 0 Å². The highest BCUT2D eigenvalue weighted by atomic mass is 79.9. The number of halogens is 1. The Morgan fingerprint density at radius 1 is 0.838 bits per heavy atom. The van der Waals surface area contributed by atoms with Crippen molar-refractivity contribution >= 4 is 39.2 Å². The number of hydrogen-bond donors (Lipinski definition) is 2. The van der Waals surface area contributed by atoms with Gasteiger partial charge in [-0.2, -0.15) is 0 Å². The molecule has 0 heterocycles. The number of nitrogens with one attached hydrogen (secondary N) is 2. The Bertz CT molecular complexity index is 1340. The van der Waals surface area contributed by atoms with Crippen LogP contribution in [0.2, 0.25) is 0 Å². The fourth-order valence-corrected chi connectivity index (χ4v) is 4.15. The Hall–Kier alpha value is -4.10. The molecule has 0 fully saturated rings. The largest absolute Gasteiger partial charge is 0.457 e. The summed E-state index contributed by atoms with van der Waals surface area (Å²) in [5.74, 6) is 1.26. The van der Waals surface area contributed by atoms with Crippen LogP contribution >= 0.6 is 15.9 Å². The maximum atomic E-state index is 13.3. The summed E-state index contributed by atoms with van der Waals surface area (Å²) in [5.41, 5.74) is 3.09. The minimum absolute atomic E-state index is 0.153. The third kappa shape index (κ3) is 7.69. The van der Waals surface area contributed by atoms with E-state index in [0.29, 0.717) is 30.8 Å². The molecule has 0 aliphatic carbocycles. The van der Waals surface area contributed by atoms with Crippen LogP contribution in [0.1, 0.15) is 22.3 Å². The lowest BCUT2D eigenvalue weighted by Gasteiger charge is -2.24. The smallest absolute Gasteiger partial charge is 0.326 e. The molecular formula is C30H28BrN3O3. The second-order valence-corrected chi connectivity index (χ2v) is 9.40. The Morgan fingerprint density at radius 2 is 1.57 bits per heavy atom. The van der Waals surface area contributed by atoms with E-state index in [4.69, 9.17) is 4.74 Å². The van der Waals surface area contributed by atoms with E-state index in [9.17, 15) is 9.59 Å². The van der Waals surface area contributed by atoms with E-state index in [-0.39, 0.29) is 11.9 Å². The number of rotatable bonds is 9. The zero-order valence-corrected chi connectivity index (χ0v) is 22.1. The molecule has 0 spiro atoms. The molecule has 0 aliphatic heterocycles. The van der Waals surface area contributed by atoms with Gasteiger partial charge in [0.15, 0.2) is 0 Å². The first-order valence-electron chi connectivity index (χ1n) is 12.0. The fourth-order valence-electron chi connectivity index (χ4n) is 3.75. The summed E-state index contributed by atoms with van der Waals surface area (Å²) in [4.78, 5) is 27.4. The monoisotopic (exact) mass is 557 g/mol. The number of aryl methyl sites for hydroxylation is 1. The number of benzene rings is 4. The van der Waals surface area contributed by atoms with Gasteiger partial charge in [0, 0.05) is 34.5 Å². The molecule has 4 aromatic rings. The number of nitrogens with zero attached hydrogens (tertiary/aromatic N) is 1. The normalized spacial score (nSPS) is 10.4. The summed E-state index contributed by atoms with van der Waals surface area (Å²) >= 11 is 3.39. The highest BCUT2D eigenvalue weighted by Gasteiger charge is 2.17. The predicted molar refractivity (Wildman–Crippen MR) is 152 cm³/mol. The molecule has 0 aromatic heterocycles. The molecule has 37 heavy (non-hydrogen) atoms. The van der Waals surface area contributed by atoms with E-state index in [1.54, 1.807) is 17.0 Å². The Kier molecular flexibility index (Phi) is 8.94. The number of carbonyl (C=O) groups is 2. The average molecular weight is 558 g/mol. The Morgan fingerprint density at radius 3 is 2.30 bits per heavy atom. The van der Waals surface area contributed by atoms with Crippen molar-refractivity contribution in [2.75, 3.05) is 23.3 Å². The summed E-state index contributed by atoms with van der Waals surface area (Å²) in [5, 5.41) is 5.91. The topological polar surface area (TPSA) is 70.7 Å². The lowest BCUT2D eigenvalue weighted by atomic mass is 10.2. The molecular weight excluding hydrogens is 530 g/mol. The van der Waals surface area contributed by atoms with Gasteiger partial charge in [0.1, 0.15) is 11.5 Å². The summed E-state index contributed by atoms with van der Waals surface area (Å²) in [7, 11) is 0. The van der Waals surface area contributed by atoms with Crippen molar-refractivity contribution in [1.29, 1.82) is 0 Å². The van der Waals surface area contributed by atoms with E-state index in [1.807, 2.05) is 97.9 Å². The molecule has 0 radical (unpaired) electrons. The van der Waals surface area contributed by atoms with Crippen molar-refractivity contribution in [2.45, 2.75) is 13.3 Å². The summed E-state index contributed by atoms with van der Waals surface area (Å²) < 4.78 is 6.73. The van der Waals surface area contributed by atoms with Crippen molar-refractivity contribution < 1.29 is 14.3 Å². The van der Waals surface area contributed by atoms with Gasteiger partial charge in [-0.05, 0) is 85.6 Å². The fraction of sp³-hybridized carbons (Fsp3) is 0.133. The van der Waals surface area contributed by atoms with Crippen LogP contribution in [-0.4, -0.2) is 25.0 Å². The van der Waals surface area contributed by atoms with Gasteiger partial charge >= 0.3 is 6.03 Å². The first-order valence-corrected chi connectivity index (χ1v) is 12.8. The highest BCUT2D eigenvalue weighted by Crippen LogP contribution is 2.25.